The molecule has 112 valence electrons. The summed E-state index contributed by atoms with van der Waals surface area (Å²) < 4.78 is 5.68. The van der Waals surface area contributed by atoms with Gasteiger partial charge in [-0.25, -0.2) is 0 Å². The zero-order chi connectivity index (χ0) is 15.1. The normalized spacial score (nSPS) is 15.2. The van der Waals surface area contributed by atoms with Crippen LogP contribution >= 0.6 is 0 Å². The third kappa shape index (κ3) is 4.85. The summed E-state index contributed by atoms with van der Waals surface area (Å²) in [5.41, 5.74) is 0.689. The minimum atomic E-state index is -0.625. The first kappa shape index (κ1) is 16.5. The lowest BCUT2D eigenvalue weighted by molar-refractivity contribution is -0.128. The van der Waals surface area contributed by atoms with Gasteiger partial charge in [-0.05, 0) is 33.3 Å². The van der Waals surface area contributed by atoms with Crippen LogP contribution in [0, 0.1) is 0 Å². The minimum Gasteiger partial charge on any atom is -0.481 e. The minimum absolute atomic E-state index is 0.133. The van der Waals surface area contributed by atoms with Gasteiger partial charge in [0.15, 0.2) is 6.10 Å². The predicted molar refractivity (Wildman–Crippen MR) is 79.7 cm³/mol. The first-order valence-corrected chi connectivity index (χ1v) is 7.19. The lowest BCUT2D eigenvalue weighted by Gasteiger charge is -2.20. The van der Waals surface area contributed by atoms with Gasteiger partial charge in [0.1, 0.15) is 5.75 Å². The van der Waals surface area contributed by atoms with Crippen LogP contribution in [0.1, 0.15) is 52.2 Å². The number of carbonyl (C=O) groups is 1. The number of aliphatic hydroxyl groups is 1. The van der Waals surface area contributed by atoms with E-state index in [1.807, 2.05) is 19.1 Å². The quantitative estimate of drug-likeness (QED) is 0.807. The zero-order valence-electron chi connectivity index (χ0n) is 12.7. The van der Waals surface area contributed by atoms with Gasteiger partial charge < -0.3 is 15.2 Å². The van der Waals surface area contributed by atoms with Crippen LogP contribution in [0.25, 0.3) is 0 Å². The molecule has 0 aromatic heterocycles. The van der Waals surface area contributed by atoms with Crippen molar-refractivity contribution < 1.29 is 14.6 Å². The number of rotatable bonds is 7. The molecule has 4 heteroatoms. The van der Waals surface area contributed by atoms with Crippen molar-refractivity contribution in [2.24, 2.45) is 0 Å². The van der Waals surface area contributed by atoms with Gasteiger partial charge in [0, 0.05) is 11.6 Å². The molecule has 0 aliphatic carbocycles. The molecule has 0 aliphatic rings. The van der Waals surface area contributed by atoms with Crippen LogP contribution in [-0.2, 0) is 4.79 Å². The van der Waals surface area contributed by atoms with Gasteiger partial charge in [0.05, 0.1) is 6.10 Å². The van der Waals surface area contributed by atoms with Gasteiger partial charge in [0.25, 0.3) is 5.91 Å². The molecule has 0 radical (unpaired) electrons. The Morgan fingerprint density at radius 2 is 1.95 bits per heavy atom. The molecule has 0 saturated carbocycles. The van der Waals surface area contributed by atoms with Gasteiger partial charge in [-0.15, -0.1) is 0 Å². The van der Waals surface area contributed by atoms with E-state index in [1.165, 1.54) is 0 Å². The Bertz CT molecular complexity index is 431. The van der Waals surface area contributed by atoms with E-state index < -0.39 is 12.2 Å². The number of hydrogen-bond donors (Lipinski definition) is 2. The second kappa shape index (κ2) is 7.90. The van der Waals surface area contributed by atoms with Crippen molar-refractivity contribution in [2.45, 2.75) is 58.8 Å². The SMILES string of the molecule is CCCC(C)NC(=O)C(C)Oc1ccccc1[C@H](C)O. The Labute approximate surface area is 121 Å². The first-order chi connectivity index (χ1) is 9.45. The van der Waals surface area contributed by atoms with Crippen molar-refractivity contribution in [2.75, 3.05) is 0 Å². The molecular formula is C16H25NO3. The van der Waals surface area contributed by atoms with E-state index >= 15 is 0 Å². The fraction of sp³-hybridized carbons (Fsp3) is 0.562. The molecule has 0 saturated heterocycles. The molecule has 1 rings (SSSR count). The smallest absolute Gasteiger partial charge is 0.260 e. The molecular weight excluding hydrogens is 254 g/mol. The maximum Gasteiger partial charge on any atom is 0.260 e. The average molecular weight is 279 g/mol. The molecule has 20 heavy (non-hydrogen) atoms. The van der Waals surface area contributed by atoms with Crippen LogP contribution in [-0.4, -0.2) is 23.2 Å². The van der Waals surface area contributed by atoms with Crippen LogP contribution in [0.5, 0.6) is 5.75 Å². The largest absolute Gasteiger partial charge is 0.481 e. The fourth-order valence-corrected chi connectivity index (χ4v) is 2.04. The van der Waals surface area contributed by atoms with Crippen molar-refractivity contribution in [1.82, 2.24) is 5.32 Å². The number of benzene rings is 1. The number of carbonyl (C=O) groups excluding carboxylic acids is 1. The molecule has 2 N–H and O–H groups in total. The summed E-state index contributed by atoms with van der Waals surface area (Å²) >= 11 is 0. The standard InChI is InChI=1S/C16H25NO3/c1-5-8-11(2)17-16(19)13(4)20-15-10-7-6-9-14(15)12(3)18/h6-7,9-13,18H,5,8H2,1-4H3,(H,17,19)/t11?,12-,13?/m0/s1. The van der Waals surface area contributed by atoms with Gasteiger partial charge >= 0.3 is 0 Å². The summed E-state index contributed by atoms with van der Waals surface area (Å²) in [6, 6.07) is 7.37. The van der Waals surface area contributed by atoms with Crippen molar-refractivity contribution in [3.63, 3.8) is 0 Å². The summed E-state index contributed by atoms with van der Waals surface area (Å²) in [5.74, 6) is 0.416. The zero-order valence-corrected chi connectivity index (χ0v) is 12.7. The Kier molecular flexibility index (Phi) is 6.52. The Morgan fingerprint density at radius 3 is 2.55 bits per heavy atom. The van der Waals surface area contributed by atoms with E-state index in [0.29, 0.717) is 11.3 Å². The van der Waals surface area contributed by atoms with E-state index in [2.05, 4.69) is 12.2 Å². The van der Waals surface area contributed by atoms with Crippen LogP contribution in [0.15, 0.2) is 24.3 Å². The van der Waals surface area contributed by atoms with Crippen molar-refractivity contribution in [3.8, 4) is 5.75 Å². The van der Waals surface area contributed by atoms with Gasteiger partial charge in [-0.3, -0.25) is 4.79 Å². The highest BCUT2D eigenvalue weighted by molar-refractivity contribution is 5.81. The number of para-hydroxylation sites is 1. The first-order valence-electron chi connectivity index (χ1n) is 7.19. The molecule has 2 unspecified atom stereocenters. The summed E-state index contributed by atoms with van der Waals surface area (Å²) in [6.07, 6.45) is 0.763. The average Bonchev–Trinajstić information content (AvgIpc) is 2.39. The van der Waals surface area contributed by atoms with E-state index in [-0.39, 0.29) is 11.9 Å². The van der Waals surface area contributed by atoms with Crippen LogP contribution in [0.2, 0.25) is 0 Å². The van der Waals surface area contributed by atoms with E-state index in [9.17, 15) is 9.90 Å². The van der Waals surface area contributed by atoms with E-state index in [0.717, 1.165) is 12.8 Å². The summed E-state index contributed by atoms with van der Waals surface area (Å²) in [7, 11) is 0. The van der Waals surface area contributed by atoms with Crippen molar-refractivity contribution in [3.05, 3.63) is 29.8 Å². The highest BCUT2D eigenvalue weighted by Crippen LogP contribution is 2.25. The molecule has 0 aliphatic heterocycles. The number of aliphatic hydroxyl groups excluding tert-OH is 1. The third-order valence-electron chi connectivity index (χ3n) is 3.15. The lowest BCUT2D eigenvalue weighted by atomic mass is 10.1. The highest BCUT2D eigenvalue weighted by Gasteiger charge is 2.18. The predicted octanol–water partition coefficient (Wildman–Crippen LogP) is 2.81. The molecule has 0 spiro atoms. The third-order valence-corrected chi connectivity index (χ3v) is 3.15. The molecule has 0 bridgehead atoms. The van der Waals surface area contributed by atoms with E-state index in [1.54, 1.807) is 26.0 Å². The second-order valence-electron chi connectivity index (χ2n) is 5.17. The monoisotopic (exact) mass is 279 g/mol. The molecule has 1 aromatic rings. The maximum absolute atomic E-state index is 12.0. The summed E-state index contributed by atoms with van der Waals surface area (Å²) in [4.78, 5) is 12.0. The Morgan fingerprint density at radius 1 is 1.30 bits per heavy atom. The van der Waals surface area contributed by atoms with Gasteiger partial charge in [0.2, 0.25) is 0 Å². The highest BCUT2D eigenvalue weighted by atomic mass is 16.5. The lowest BCUT2D eigenvalue weighted by Crippen LogP contribution is -2.41. The summed E-state index contributed by atoms with van der Waals surface area (Å²) in [5, 5.41) is 12.6. The number of ether oxygens (including phenoxy) is 1. The van der Waals surface area contributed by atoms with Crippen molar-refractivity contribution in [1.29, 1.82) is 0 Å². The van der Waals surface area contributed by atoms with Gasteiger partial charge in [-0.2, -0.15) is 0 Å². The van der Waals surface area contributed by atoms with Crippen LogP contribution in [0.3, 0.4) is 0 Å². The van der Waals surface area contributed by atoms with E-state index in [4.69, 9.17) is 4.74 Å². The Hall–Kier alpha value is -1.55. The topological polar surface area (TPSA) is 58.6 Å². The fourth-order valence-electron chi connectivity index (χ4n) is 2.04. The molecule has 0 fully saturated rings. The second-order valence-corrected chi connectivity index (χ2v) is 5.17. The number of hydrogen-bond acceptors (Lipinski definition) is 3. The number of nitrogens with one attached hydrogen (secondary N) is 1. The van der Waals surface area contributed by atoms with Crippen LogP contribution in [0.4, 0.5) is 0 Å². The Balaban J connectivity index is 2.66. The molecule has 4 nitrogen and oxygen atoms in total. The summed E-state index contributed by atoms with van der Waals surface area (Å²) in [6.45, 7) is 7.46. The van der Waals surface area contributed by atoms with Crippen LogP contribution < -0.4 is 10.1 Å². The maximum atomic E-state index is 12.0. The number of amides is 1. The molecule has 3 atom stereocenters. The van der Waals surface area contributed by atoms with Crippen molar-refractivity contribution >= 4 is 5.91 Å². The molecule has 1 amide bonds. The molecule has 1 aromatic carbocycles. The van der Waals surface area contributed by atoms with Gasteiger partial charge in [-0.1, -0.05) is 31.5 Å². The molecule has 0 heterocycles.